The van der Waals surface area contributed by atoms with Gasteiger partial charge in [-0.3, -0.25) is 4.79 Å². The number of hydrogen-bond acceptors (Lipinski definition) is 6. The van der Waals surface area contributed by atoms with Gasteiger partial charge in [-0.25, -0.2) is 0 Å². The number of aliphatic hydroxyl groups is 1. The van der Waals surface area contributed by atoms with E-state index in [0.29, 0.717) is 36.5 Å². The summed E-state index contributed by atoms with van der Waals surface area (Å²) in [6.07, 6.45) is 8.27. The first-order valence-electron chi connectivity index (χ1n) is 11.5. The van der Waals surface area contributed by atoms with E-state index in [9.17, 15) is 9.90 Å². The molecule has 1 aliphatic heterocycles. The Labute approximate surface area is 190 Å². The summed E-state index contributed by atoms with van der Waals surface area (Å²) in [6.45, 7) is 3.86. The summed E-state index contributed by atoms with van der Waals surface area (Å²) in [4.78, 5) is 18.6. The van der Waals surface area contributed by atoms with Crippen LogP contribution in [0.4, 0.5) is 0 Å². The third-order valence-electron chi connectivity index (χ3n) is 6.41. The molecule has 1 saturated carbocycles. The van der Waals surface area contributed by atoms with Crippen LogP contribution in [0.5, 0.6) is 0 Å². The summed E-state index contributed by atoms with van der Waals surface area (Å²) >= 11 is 8.12. The molecule has 3 aliphatic rings. The van der Waals surface area contributed by atoms with Crippen LogP contribution in [0.1, 0.15) is 78.1 Å². The molecule has 0 aromatic heterocycles. The molecular weight excluding hydrogens is 422 g/mol. The number of halogens is 1. The summed E-state index contributed by atoms with van der Waals surface area (Å²) < 4.78 is 5.95. The van der Waals surface area contributed by atoms with Crippen molar-refractivity contribution in [3.63, 3.8) is 0 Å². The van der Waals surface area contributed by atoms with Crippen molar-refractivity contribution in [1.82, 2.24) is 0 Å². The highest BCUT2D eigenvalue weighted by molar-refractivity contribution is 7.99. The minimum absolute atomic E-state index is 0.00382. The lowest BCUT2D eigenvalue weighted by atomic mass is 9.76. The van der Waals surface area contributed by atoms with Crippen LogP contribution < -0.4 is 0 Å². The quantitative estimate of drug-likeness (QED) is 0.209. The number of alkyl halides is 1. The molecule has 7 heteroatoms. The molecule has 1 heterocycles. The van der Waals surface area contributed by atoms with Crippen LogP contribution in [0, 0.1) is 11.8 Å². The van der Waals surface area contributed by atoms with Crippen LogP contribution >= 0.6 is 23.4 Å². The SMILES string of the molecule is CCC/C(=N\OC(C)OC1CCC(Cl)CC1)C1=C(O)CC(C2CCCSC2)CC1=O. The summed E-state index contributed by atoms with van der Waals surface area (Å²) in [5, 5.41) is 15.3. The number of oxime groups is 1. The van der Waals surface area contributed by atoms with Crippen LogP contribution in [0.15, 0.2) is 16.5 Å². The predicted molar refractivity (Wildman–Crippen MR) is 123 cm³/mol. The van der Waals surface area contributed by atoms with Crippen LogP contribution in [0.2, 0.25) is 0 Å². The number of allylic oxidation sites excluding steroid dienone is 2. The number of nitrogens with zero attached hydrogens (tertiary/aromatic N) is 1. The Hall–Kier alpha value is -0.720. The molecule has 3 unspecified atom stereocenters. The van der Waals surface area contributed by atoms with Gasteiger partial charge >= 0.3 is 0 Å². The van der Waals surface area contributed by atoms with Gasteiger partial charge < -0.3 is 14.7 Å². The van der Waals surface area contributed by atoms with E-state index in [4.69, 9.17) is 21.2 Å². The van der Waals surface area contributed by atoms with Crippen LogP contribution in [-0.2, 0) is 14.4 Å². The minimum Gasteiger partial charge on any atom is -0.511 e. The van der Waals surface area contributed by atoms with Crippen molar-refractivity contribution in [1.29, 1.82) is 0 Å². The summed E-state index contributed by atoms with van der Waals surface area (Å²) in [6, 6.07) is 0. The van der Waals surface area contributed by atoms with E-state index in [0.717, 1.165) is 44.3 Å². The molecule has 170 valence electrons. The van der Waals surface area contributed by atoms with Gasteiger partial charge in [-0.15, -0.1) is 11.6 Å². The number of Topliss-reactive ketones (excluding diaryl/α,β-unsaturated/α-hetero) is 1. The van der Waals surface area contributed by atoms with Crippen molar-refractivity contribution in [2.75, 3.05) is 11.5 Å². The molecular formula is C23H36ClNO4S. The van der Waals surface area contributed by atoms with Crippen molar-refractivity contribution in [2.24, 2.45) is 17.0 Å². The van der Waals surface area contributed by atoms with Gasteiger partial charge in [-0.05, 0) is 68.3 Å². The fourth-order valence-corrected chi connectivity index (χ4v) is 6.30. The number of thioether (sulfide) groups is 1. The molecule has 0 aromatic carbocycles. The lowest BCUT2D eigenvalue weighted by Crippen LogP contribution is -2.31. The highest BCUT2D eigenvalue weighted by atomic mass is 35.5. The lowest BCUT2D eigenvalue weighted by molar-refractivity contribution is -0.166. The minimum atomic E-state index is -0.498. The number of ether oxygens (including phenoxy) is 1. The molecule has 1 saturated heterocycles. The standard InChI is InChI=1S/C23H36ClNO4S/c1-3-5-20(25-29-15(2)28-19-9-7-18(24)8-10-19)23-21(26)12-17(13-22(23)27)16-6-4-11-30-14-16/h15-19,26H,3-14H2,1-2H3/b25-20+. The number of carbonyl (C=O) groups excluding carboxylic acids is 1. The van der Waals surface area contributed by atoms with Gasteiger partial charge in [0.25, 0.3) is 0 Å². The van der Waals surface area contributed by atoms with Gasteiger partial charge in [0.1, 0.15) is 5.76 Å². The zero-order valence-corrected chi connectivity index (χ0v) is 19.8. The second-order valence-corrected chi connectivity index (χ2v) is 10.6. The van der Waals surface area contributed by atoms with Gasteiger partial charge in [0.15, 0.2) is 5.78 Å². The van der Waals surface area contributed by atoms with Crippen LogP contribution in [0.3, 0.4) is 0 Å². The second kappa shape index (κ2) is 11.8. The summed E-state index contributed by atoms with van der Waals surface area (Å²) in [5.41, 5.74) is 0.933. The van der Waals surface area contributed by atoms with Crippen molar-refractivity contribution < 1.29 is 19.5 Å². The molecule has 2 fully saturated rings. The van der Waals surface area contributed by atoms with Crippen molar-refractivity contribution in [3.8, 4) is 0 Å². The predicted octanol–water partition coefficient (Wildman–Crippen LogP) is 6.01. The van der Waals surface area contributed by atoms with Gasteiger partial charge in [-0.1, -0.05) is 18.5 Å². The molecule has 0 aromatic rings. The number of rotatable bonds is 8. The Morgan fingerprint density at radius 1 is 1.23 bits per heavy atom. The van der Waals surface area contributed by atoms with Crippen molar-refractivity contribution in [3.05, 3.63) is 11.3 Å². The Kier molecular flexibility index (Phi) is 9.39. The molecule has 0 radical (unpaired) electrons. The maximum absolute atomic E-state index is 13.0. The molecule has 5 nitrogen and oxygen atoms in total. The monoisotopic (exact) mass is 457 g/mol. The molecule has 3 atom stereocenters. The van der Waals surface area contributed by atoms with E-state index in [1.165, 1.54) is 12.2 Å². The topological polar surface area (TPSA) is 68.1 Å². The largest absolute Gasteiger partial charge is 0.511 e. The molecule has 0 bridgehead atoms. The number of carbonyl (C=O) groups is 1. The average molecular weight is 458 g/mol. The molecule has 0 amide bonds. The van der Waals surface area contributed by atoms with Gasteiger partial charge in [-0.2, -0.15) is 11.8 Å². The van der Waals surface area contributed by atoms with E-state index >= 15 is 0 Å². The Morgan fingerprint density at radius 3 is 2.63 bits per heavy atom. The zero-order valence-electron chi connectivity index (χ0n) is 18.3. The van der Waals surface area contributed by atoms with Crippen molar-refractivity contribution in [2.45, 2.75) is 95.8 Å². The maximum Gasteiger partial charge on any atom is 0.224 e. The third-order valence-corrected chi connectivity index (χ3v) is 8.08. The van der Waals surface area contributed by atoms with Gasteiger partial charge in [0, 0.05) is 25.1 Å². The highest BCUT2D eigenvalue weighted by Crippen LogP contribution is 2.38. The lowest BCUT2D eigenvalue weighted by Gasteiger charge is -2.32. The fourth-order valence-electron chi connectivity index (χ4n) is 4.77. The Balaban J connectivity index is 1.62. The first-order chi connectivity index (χ1) is 14.5. The third kappa shape index (κ3) is 6.64. The molecule has 2 aliphatic carbocycles. The normalized spacial score (nSPS) is 32.2. The van der Waals surface area contributed by atoms with E-state index in [-0.39, 0.29) is 28.9 Å². The van der Waals surface area contributed by atoms with E-state index in [2.05, 4.69) is 5.16 Å². The first kappa shape index (κ1) is 23.9. The van der Waals surface area contributed by atoms with E-state index in [1.54, 1.807) is 0 Å². The highest BCUT2D eigenvalue weighted by Gasteiger charge is 2.35. The average Bonchev–Trinajstić information content (AvgIpc) is 2.73. The summed E-state index contributed by atoms with van der Waals surface area (Å²) in [5.74, 6) is 3.27. The number of hydrogen-bond donors (Lipinski definition) is 1. The van der Waals surface area contributed by atoms with Gasteiger partial charge in [0.2, 0.25) is 6.29 Å². The summed E-state index contributed by atoms with van der Waals surface area (Å²) in [7, 11) is 0. The van der Waals surface area contributed by atoms with E-state index < -0.39 is 6.29 Å². The Morgan fingerprint density at radius 2 is 2.00 bits per heavy atom. The molecule has 30 heavy (non-hydrogen) atoms. The van der Waals surface area contributed by atoms with Crippen LogP contribution in [0.25, 0.3) is 0 Å². The Bertz CT molecular complexity index is 639. The molecule has 3 rings (SSSR count). The molecule has 0 spiro atoms. The van der Waals surface area contributed by atoms with Gasteiger partial charge in [0.05, 0.1) is 17.4 Å². The fraction of sp³-hybridized carbons (Fsp3) is 0.826. The molecule has 1 N–H and O–H groups in total. The number of ketones is 1. The zero-order chi connectivity index (χ0) is 21.5. The smallest absolute Gasteiger partial charge is 0.224 e. The maximum atomic E-state index is 13.0. The van der Waals surface area contributed by atoms with E-state index in [1.807, 2.05) is 25.6 Å². The number of aliphatic hydroxyl groups excluding tert-OH is 1. The second-order valence-electron chi connectivity index (χ2n) is 8.86. The van der Waals surface area contributed by atoms with Crippen LogP contribution in [-0.4, -0.2) is 45.9 Å². The first-order valence-corrected chi connectivity index (χ1v) is 13.1. The van der Waals surface area contributed by atoms with Crippen molar-refractivity contribution >= 4 is 34.9 Å².